The highest BCUT2D eigenvalue weighted by molar-refractivity contribution is 6.30. The molecule has 0 aliphatic carbocycles. The van der Waals surface area contributed by atoms with Crippen molar-refractivity contribution in [1.82, 2.24) is 0 Å². The van der Waals surface area contributed by atoms with Crippen molar-refractivity contribution in [2.45, 2.75) is 20.0 Å². The zero-order chi connectivity index (χ0) is 15.4. The second kappa shape index (κ2) is 6.50. The van der Waals surface area contributed by atoms with Crippen LogP contribution in [0.2, 0.25) is 5.02 Å². The molecular formula is C16H17ClN2O2. The maximum Gasteiger partial charge on any atom is 0.265 e. The summed E-state index contributed by atoms with van der Waals surface area (Å²) in [6, 6.07) is 12.2. The van der Waals surface area contributed by atoms with Gasteiger partial charge in [0.25, 0.3) is 5.91 Å². The van der Waals surface area contributed by atoms with Crippen molar-refractivity contribution < 1.29 is 9.53 Å². The van der Waals surface area contributed by atoms with E-state index >= 15 is 0 Å². The third-order valence-corrected chi connectivity index (χ3v) is 3.27. The predicted molar refractivity (Wildman–Crippen MR) is 85.8 cm³/mol. The number of nitrogens with one attached hydrogen (secondary N) is 1. The summed E-state index contributed by atoms with van der Waals surface area (Å²) >= 11 is 5.80. The summed E-state index contributed by atoms with van der Waals surface area (Å²) in [4.78, 5) is 12.1. The van der Waals surface area contributed by atoms with Crippen LogP contribution in [-0.4, -0.2) is 12.0 Å². The van der Waals surface area contributed by atoms with Crippen molar-refractivity contribution in [3.8, 4) is 5.75 Å². The summed E-state index contributed by atoms with van der Waals surface area (Å²) < 4.78 is 5.57. The highest BCUT2D eigenvalue weighted by atomic mass is 35.5. The van der Waals surface area contributed by atoms with Crippen molar-refractivity contribution in [1.29, 1.82) is 0 Å². The molecule has 3 N–H and O–H groups in total. The fourth-order valence-electron chi connectivity index (χ4n) is 1.78. The Morgan fingerprint density at radius 2 is 1.90 bits per heavy atom. The van der Waals surface area contributed by atoms with Gasteiger partial charge in [0.1, 0.15) is 5.75 Å². The van der Waals surface area contributed by atoms with Gasteiger partial charge >= 0.3 is 0 Å². The van der Waals surface area contributed by atoms with E-state index in [-0.39, 0.29) is 5.91 Å². The maximum absolute atomic E-state index is 12.1. The van der Waals surface area contributed by atoms with Crippen LogP contribution in [0.5, 0.6) is 5.75 Å². The monoisotopic (exact) mass is 304 g/mol. The van der Waals surface area contributed by atoms with Gasteiger partial charge in [-0.1, -0.05) is 17.7 Å². The Kier molecular flexibility index (Phi) is 4.70. The van der Waals surface area contributed by atoms with Gasteiger partial charge in [-0.05, 0) is 55.8 Å². The van der Waals surface area contributed by atoms with E-state index in [2.05, 4.69) is 5.32 Å². The molecule has 0 aromatic heterocycles. The molecule has 2 aromatic rings. The van der Waals surface area contributed by atoms with Crippen LogP contribution < -0.4 is 15.8 Å². The quantitative estimate of drug-likeness (QED) is 0.848. The predicted octanol–water partition coefficient (Wildman–Crippen LogP) is 3.64. The fraction of sp³-hybridized carbons (Fsp3) is 0.188. The lowest BCUT2D eigenvalue weighted by molar-refractivity contribution is -0.122. The molecule has 1 amide bonds. The normalized spacial score (nSPS) is 11.8. The number of hydrogen-bond donors (Lipinski definition) is 2. The van der Waals surface area contributed by atoms with E-state index in [1.54, 1.807) is 43.3 Å². The Labute approximate surface area is 128 Å². The van der Waals surface area contributed by atoms with Crippen molar-refractivity contribution in [2.24, 2.45) is 0 Å². The Morgan fingerprint density at radius 1 is 1.24 bits per heavy atom. The zero-order valence-corrected chi connectivity index (χ0v) is 12.6. The number of hydrogen-bond acceptors (Lipinski definition) is 3. The minimum atomic E-state index is -0.632. The highest BCUT2D eigenvalue weighted by Crippen LogP contribution is 2.20. The van der Waals surface area contributed by atoms with E-state index in [4.69, 9.17) is 22.1 Å². The number of halogens is 1. The summed E-state index contributed by atoms with van der Waals surface area (Å²) in [6.07, 6.45) is -0.632. The van der Waals surface area contributed by atoms with Crippen LogP contribution in [0.15, 0.2) is 42.5 Å². The number of anilines is 2. The third kappa shape index (κ3) is 4.13. The number of nitrogens with two attached hydrogens (primary N) is 1. The van der Waals surface area contributed by atoms with E-state index < -0.39 is 6.10 Å². The summed E-state index contributed by atoms with van der Waals surface area (Å²) in [5, 5.41) is 3.43. The van der Waals surface area contributed by atoms with Crippen molar-refractivity contribution in [3.63, 3.8) is 0 Å². The Balaban J connectivity index is 2.02. The number of carbonyl (C=O) groups is 1. The summed E-state index contributed by atoms with van der Waals surface area (Å²) in [6.45, 7) is 3.59. The van der Waals surface area contributed by atoms with Gasteiger partial charge in [-0.2, -0.15) is 0 Å². The smallest absolute Gasteiger partial charge is 0.265 e. The van der Waals surface area contributed by atoms with E-state index in [0.717, 1.165) is 5.56 Å². The first-order valence-corrected chi connectivity index (χ1v) is 6.92. The Morgan fingerprint density at radius 3 is 2.57 bits per heavy atom. The van der Waals surface area contributed by atoms with Gasteiger partial charge in [-0.25, -0.2) is 0 Å². The van der Waals surface area contributed by atoms with Gasteiger partial charge in [0.15, 0.2) is 6.10 Å². The van der Waals surface area contributed by atoms with E-state index in [1.165, 1.54) is 0 Å². The second-order valence-corrected chi connectivity index (χ2v) is 5.21. The molecule has 2 rings (SSSR count). The fourth-order valence-corrected chi connectivity index (χ4v) is 1.91. The van der Waals surface area contributed by atoms with Crippen LogP contribution in [0.1, 0.15) is 12.5 Å². The van der Waals surface area contributed by atoms with E-state index in [1.807, 2.05) is 13.0 Å². The van der Waals surface area contributed by atoms with Crippen LogP contribution in [0.25, 0.3) is 0 Å². The molecule has 0 spiro atoms. The summed E-state index contributed by atoms with van der Waals surface area (Å²) in [7, 11) is 0. The largest absolute Gasteiger partial charge is 0.481 e. The average molecular weight is 305 g/mol. The molecule has 0 heterocycles. The molecule has 4 nitrogen and oxygen atoms in total. The summed E-state index contributed by atoms with van der Waals surface area (Å²) in [5.74, 6) is 0.352. The van der Waals surface area contributed by atoms with Crippen LogP contribution in [0.4, 0.5) is 11.4 Å². The van der Waals surface area contributed by atoms with Crippen LogP contribution in [0.3, 0.4) is 0 Å². The number of amides is 1. The summed E-state index contributed by atoms with van der Waals surface area (Å²) in [5.41, 5.74) is 7.95. The van der Waals surface area contributed by atoms with E-state index in [0.29, 0.717) is 22.1 Å². The SMILES string of the molecule is Cc1ccc(N)cc1NC(=O)C(C)Oc1ccc(Cl)cc1. The second-order valence-electron chi connectivity index (χ2n) is 4.78. The highest BCUT2D eigenvalue weighted by Gasteiger charge is 2.15. The number of carbonyl (C=O) groups excluding carboxylic acids is 1. The standard InChI is InChI=1S/C16H17ClN2O2/c1-10-3-6-13(18)9-15(10)19-16(20)11(2)21-14-7-4-12(17)5-8-14/h3-9,11H,18H2,1-2H3,(H,19,20). The van der Waals surface area contributed by atoms with Gasteiger partial charge in [0.05, 0.1) is 0 Å². The van der Waals surface area contributed by atoms with Gasteiger partial charge in [0, 0.05) is 16.4 Å². The lowest BCUT2D eigenvalue weighted by Crippen LogP contribution is -2.30. The molecule has 0 saturated carbocycles. The van der Waals surface area contributed by atoms with Gasteiger partial charge in [0.2, 0.25) is 0 Å². The lowest BCUT2D eigenvalue weighted by Gasteiger charge is -2.16. The molecule has 110 valence electrons. The topological polar surface area (TPSA) is 64.3 Å². The number of benzene rings is 2. The molecule has 0 aliphatic heterocycles. The minimum absolute atomic E-state index is 0.237. The van der Waals surface area contributed by atoms with E-state index in [9.17, 15) is 4.79 Å². The minimum Gasteiger partial charge on any atom is -0.481 e. The number of ether oxygens (including phenoxy) is 1. The molecule has 0 saturated heterocycles. The number of rotatable bonds is 4. The molecule has 2 aromatic carbocycles. The molecule has 1 atom stereocenters. The third-order valence-electron chi connectivity index (χ3n) is 3.02. The van der Waals surface area contributed by atoms with Gasteiger partial charge in [-0.3, -0.25) is 4.79 Å². The zero-order valence-electron chi connectivity index (χ0n) is 11.9. The first kappa shape index (κ1) is 15.2. The molecular weight excluding hydrogens is 288 g/mol. The Hall–Kier alpha value is -2.20. The first-order valence-electron chi connectivity index (χ1n) is 6.55. The molecule has 5 heteroatoms. The van der Waals surface area contributed by atoms with Crippen molar-refractivity contribution >= 4 is 28.9 Å². The lowest BCUT2D eigenvalue weighted by atomic mass is 10.1. The van der Waals surface area contributed by atoms with Crippen molar-refractivity contribution in [3.05, 3.63) is 53.1 Å². The maximum atomic E-state index is 12.1. The van der Waals surface area contributed by atoms with Crippen LogP contribution in [-0.2, 0) is 4.79 Å². The number of nitrogen functional groups attached to an aromatic ring is 1. The molecule has 0 aliphatic rings. The Bertz CT molecular complexity index is 641. The molecule has 1 unspecified atom stereocenters. The molecule has 0 fully saturated rings. The molecule has 0 bridgehead atoms. The van der Waals surface area contributed by atoms with Gasteiger partial charge < -0.3 is 15.8 Å². The average Bonchev–Trinajstić information content (AvgIpc) is 2.45. The van der Waals surface area contributed by atoms with Crippen LogP contribution >= 0.6 is 11.6 Å². The molecule has 21 heavy (non-hydrogen) atoms. The number of aryl methyl sites for hydroxylation is 1. The van der Waals surface area contributed by atoms with Crippen LogP contribution in [0, 0.1) is 6.92 Å². The van der Waals surface area contributed by atoms with Crippen molar-refractivity contribution in [2.75, 3.05) is 11.1 Å². The van der Waals surface area contributed by atoms with Gasteiger partial charge in [-0.15, -0.1) is 0 Å². The first-order chi connectivity index (χ1) is 9.95. The molecule has 0 radical (unpaired) electrons.